The SMILES string of the molecule is CC1CCC(Oc2ccc3ccc(C(C)N[C@H]4C[C@@H](C(=O)O)C4(C)C)cc3c2Cl)CC1. The van der Waals surface area contributed by atoms with Crippen molar-refractivity contribution in [1.29, 1.82) is 0 Å². The van der Waals surface area contributed by atoms with Gasteiger partial charge in [0.2, 0.25) is 0 Å². The lowest BCUT2D eigenvalue weighted by molar-refractivity contribution is -0.155. The number of benzene rings is 2. The molecule has 0 aromatic heterocycles. The number of carbonyl (C=O) groups is 1. The molecule has 4 rings (SSSR count). The highest BCUT2D eigenvalue weighted by molar-refractivity contribution is 6.37. The molecule has 4 nitrogen and oxygen atoms in total. The van der Waals surface area contributed by atoms with Gasteiger partial charge in [-0.25, -0.2) is 0 Å². The van der Waals surface area contributed by atoms with Gasteiger partial charge in [-0.1, -0.05) is 50.6 Å². The summed E-state index contributed by atoms with van der Waals surface area (Å²) < 4.78 is 6.29. The maximum absolute atomic E-state index is 11.4. The minimum absolute atomic E-state index is 0.101. The Labute approximate surface area is 190 Å². The second-order valence-corrected chi connectivity index (χ2v) is 10.6. The summed E-state index contributed by atoms with van der Waals surface area (Å²) in [6.45, 7) is 8.50. The zero-order valence-corrected chi connectivity index (χ0v) is 19.7. The summed E-state index contributed by atoms with van der Waals surface area (Å²) in [6, 6.07) is 10.7. The third-order valence-corrected chi connectivity index (χ3v) is 8.11. The van der Waals surface area contributed by atoms with E-state index in [0.717, 1.165) is 40.8 Å². The average molecular weight is 444 g/mol. The van der Waals surface area contributed by atoms with Crippen molar-refractivity contribution in [3.63, 3.8) is 0 Å². The van der Waals surface area contributed by atoms with Gasteiger partial charge in [0.25, 0.3) is 0 Å². The van der Waals surface area contributed by atoms with Crippen LogP contribution in [0.3, 0.4) is 0 Å². The quantitative estimate of drug-likeness (QED) is 0.528. The van der Waals surface area contributed by atoms with Crippen molar-refractivity contribution in [3.8, 4) is 5.75 Å². The van der Waals surface area contributed by atoms with Crippen LogP contribution in [0.1, 0.15) is 71.4 Å². The molecule has 3 atom stereocenters. The van der Waals surface area contributed by atoms with E-state index in [4.69, 9.17) is 16.3 Å². The van der Waals surface area contributed by atoms with Gasteiger partial charge in [0.15, 0.2) is 0 Å². The third kappa shape index (κ3) is 4.42. The van der Waals surface area contributed by atoms with Gasteiger partial charge in [-0.15, -0.1) is 0 Å². The van der Waals surface area contributed by atoms with Crippen LogP contribution in [0, 0.1) is 17.3 Å². The zero-order chi connectivity index (χ0) is 22.3. The third-order valence-electron chi connectivity index (χ3n) is 7.72. The molecule has 0 amide bonds. The van der Waals surface area contributed by atoms with Crippen LogP contribution < -0.4 is 10.1 Å². The highest BCUT2D eigenvalue weighted by atomic mass is 35.5. The fourth-order valence-electron chi connectivity index (χ4n) is 5.19. The molecule has 2 aromatic carbocycles. The maximum Gasteiger partial charge on any atom is 0.307 e. The van der Waals surface area contributed by atoms with Crippen LogP contribution in [0.15, 0.2) is 30.3 Å². The van der Waals surface area contributed by atoms with Crippen LogP contribution in [-0.2, 0) is 4.79 Å². The molecular formula is C26H34ClNO3. The molecule has 1 unspecified atom stereocenters. The Morgan fingerprint density at radius 1 is 1.19 bits per heavy atom. The fraction of sp³-hybridized carbons (Fsp3) is 0.577. The summed E-state index contributed by atoms with van der Waals surface area (Å²) in [5.74, 6) is 0.574. The predicted molar refractivity (Wildman–Crippen MR) is 126 cm³/mol. The van der Waals surface area contributed by atoms with E-state index in [1.54, 1.807) is 0 Å². The number of hydrogen-bond donors (Lipinski definition) is 2. The van der Waals surface area contributed by atoms with Crippen molar-refractivity contribution in [3.05, 3.63) is 40.9 Å². The Bertz CT molecular complexity index is 965. The van der Waals surface area contributed by atoms with E-state index in [1.807, 2.05) is 19.9 Å². The Morgan fingerprint density at radius 2 is 1.87 bits per heavy atom. The summed E-state index contributed by atoms with van der Waals surface area (Å²) in [5.41, 5.74) is 0.889. The number of ether oxygens (including phenoxy) is 1. The van der Waals surface area contributed by atoms with E-state index >= 15 is 0 Å². The predicted octanol–water partition coefficient (Wildman–Crippen LogP) is 6.60. The van der Waals surface area contributed by atoms with Gasteiger partial charge in [-0.2, -0.15) is 0 Å². The standard InChI is InChI=1S/C26H34ClNO3/c1-15-5-10-19(11-6-15)31-22-12-9-17-7-8-18(13-20(17)24(22)27)16(2)28-23-14-21(25(29)30)26(23,3)4/h7-9,12-13,15-16,19,21,23,28H,5-6,10-11,14H2,1-4H3,(H,29,30)/t15?,16?,19?,21-,23-/m0/s1. The molecule has 2 aliphatic carbocycles. The van der Waals surface area contributed by atoms with Crippen molar-refractivity contribution in [2.24, 2.45) is 17.3 Å². The molecule has 5 heteroatoms. The molecule has 168 valence electrons. The molecule has 0 heterocycles. The molecule has 0 spiro atoms. The first-order valence-electron chi connectivity index (χ1n) is 11.5. The van der Waals surface area contributed by atoms with Gasteiger partial charge >= 0.3 is 5.97 Å². The minimum atomic E-state index is -0.701. The lowest BCUT2D eigenvalue weighted by Gasteiger charge is -2.51. The van der Waals surface area contributed by atoms with E-state index in [0.29, 0.717) is 11.4 Å². The fourth-order valence-corrected chi connectivity index (χ4v) is 5.46. The van der Waals surface area contributed by atoms with E-state index in [9.17, 15) is 9.90 Å². The van der Waals surface area contributed by atoms with Crippen molar-refractivity contribution < 1.29 is 14.6 Å². The number of aliphatic carboxylic acids is 1. The normalized spacial score (nSPS) is 28.7. The van der Waals surface area contributed by atoms with Crippen molar-refractivity contribution in [1.82, 2.24) is 5.32 Å². The van der Waals surface area contributed by atoms with Gasteiger partial charge in [0.1, 0.15) is 5.75 Å². The number of fused-ring (bicyclic) bond motifs is 1. The molecule has 2 aliphatic rings. The highest BCUT2D eigenvalue weighted by Gasteiger charge is 2.52. The number of carboxylic acid groups (broad SMARTS) is 1. The molecule has 0 bridgehead atoms. The second-order valence-electron chi connectivity index (χ2n) is 10.2. The number of carboxylic acids is 1. The van der Waals surface area contributed by atoms with E-state index in [2.05, 4.69) is 43.4 Å². The number of halogens is 1. The van der Waals surface area contributed by atoms with Crippen LogP contribution in [-0.4, -0.2) is 23.2 Å². The van der Waals surface area contributed by atoms with Crippen molar-refractivity contribution >= 4 is 28.3 Å². The summed E-state index contributed by atoms with van der Waals surface area (Å²) in [5, 5.41) is 15.8. The lowest BCUT2D eigenvalue weighted by Crippen LogP contribution is -2.59. The van der Waals surface area contributed by atoms with Gasteiger partial charge in [-0.05, 0) is 73.4 Å². The molecule has 0 aliphatic heterocycles. The van der Waals surface area contributed by atoms with Gasteiger partial charge in [0, 0.05) is 17.5 Å². The first-order chi connectivity index (χ1) is 14.7. The monoisotopic (exact) mass is 443 g/mol. The van der Waals surface area contributed by atoms with E-state index < -0.39 is 5.97 Å². The van der Waals surface area contributed by atoms with Gasteiger partial charge in [-0.3, -0.25) is 4.79 Å². The molecule has 2 N–H and O–H groups in total. The Kier molecular flexibility index (Phi) is 6.24. The maximum atomic E-state index is 11.4. The largest absolute Gasteiger partial charge is 0.489 e. The molecule has 31 heavy (non-hydrogen) atoms. The summed E-state index contributed by atoms with van der Waals surface area (Å²) in [7, 11) is 0. The van der Waals surface area contributed by atoms with Crippen LogP contribution in [0.25, 0.3) is 10.8 Å². The number of rotatable bonds is 6. The average Bonchev–Trinajstić information content (AvgIpc) is 2.73. The first-order valence-corrected chi connectivity index (χ1v) is 11.9. The molecule has 0 saturated heterocycles. The second kappa shape index (κ2) is 8.63. The topological polar surface area (TPSA) is 58.6 Å². The van der Waals surface area contributed by atoms with Crippen LogP contribution in [0.5, 0.6) is 5.75 Å². The molecule has 2 fully saturated rings. The Balaban J connectivity index is 1.50. The molecule has 2 aromatic rings. The minimum Gasteiger partial charge on any atom is -0.489 e. The van der Waals surface area contributed by atoms with Crippen LogP contribution in [0.4, 0.5) is 0 Å². The zero-order valence-electron chi connectivity index (χ0n) is 19.0. The number of nitrogens with one attached hydrogen (secondary N) is 1. The van der Waals surface area contributed by atoms with Gasteiger partial charge < -0.3 is 15.2 Å². The molecular weight excluding hydrogens is 410 g/mol. The van der Waals surface area contributed by atoms with E-state index in [-0.39, 0.29) is 29.5 Å². The lowest BCUT2D eigenvalue weighted by atomic mass is 9.58. The summed E-state index contributed by atoms with van der Waals surface area (Å²) >= 11 is 6.80. The van der Waals surface area contributed by atoms with Crippen LogP contribution in [0.2, 0.25) is 5.02 Å². The first kappa shape index (κ1) is 22.4. The summed E-state index contributed by atoms with van der Waals surface area (Å²) in [6.07, 6.45) is 5.51. The highest BCUT2D eigenvalue weighted by Crippen LogP contribution is 2.47. The van der Waals surface area contributed by atoms with Gasteiger partial charge in [0.05, 0.1) is 17.0 Å². The Hall–Kier alpha value is -1.78. The van der Waals surface area contributed by atoms with Crippen molar-refractivity contribution in [2.45, 2.75) is 78.0 Å². The van der Waals surface area contributed by atoms with E-state index in [1.165, 1.54) is 12.8 Å². The Morgan fingerprint density at radius 3 is 2.52 bits per heavy atom. The molecule has 0 radical (unpaired) electrons. The molecule has 2 saturated carbocycles. The van der Waals surface area contributed by atoms with Crippen LogP contribution >= 0.6 is 11.6 Å². The van der Waals surface area contributed by atoms with Crippen molar-refractivity contribution in [2.75, 3.05) is 0 Å². The smallest absolute Gasteiger partial charge is 0.307 e. The number of hydrogen-bond acceptors (Lipinski definition) is 3. The summed E-state index contributed by atoms with van der Waals surface area (Å²) in [4.78, 5) is 11.4.